The summed E-state index contributed by atoms with van der Waals surface area (Å²) >= 11 is 3.30. The molecule has 3 rings (SSSR count). The van der Waals surface area contributed by atoms with Crippen LogP contribution in [0.2, 0.25) is 0 Å². The van der Waals surface area contributed by atoms with E-state index in [0.29, 0.717) is 36.6 Å². The monoisotopic (exact) mass is 388 g/mol. The molecule has 3 aromatic rings. The van der Waals surface area contributed by atoms with Crippen molar-refractivity contribution in [1.29, 1.82) is 0 Å². The molecule has 0 radical (unpaired) electrons. The summed E-state index contributed by atoms with van der Waals surface area (Å²) in [4.78, 5) is 12.2. The zero-order chi connectivity index (χ0) is 16.8. The molecule has 0 spiro atoms. The Bertz CT molecular complexity index is 855. The van der Waals surface area contributed by atoms with Crippen LogP contribution in [0.3, 0.4) is 0 Å². The summed E-state index contributed by atoms with van der Waals surface area (Å²) in [7, 11) is 0. The van der Waals surface area contributed by atoms with Gasteiger partial charge in [-0.1, -0.05) is 28.1 Å². The number of hydrogen-bond donors (Lipinski definition) is 0. The highest BCUT2D eigenvalue weighted by Crippen LogP contribution is 2.24. The van der Waals surface area contributed by atoms with Gasteiger partial charge >= 0.3 is 0 Å². The lowest BCUT2D eigenvalue weighted by Crippen LogP contribution is -2.07. The minimum atomic E-state index is -0.0453. The van der Waals surface area contributed by atoms with E-state index in [1.807, 2.05) is 36.4 Å². The molecule has 0 unspecified atom stereocenters. The average molecular weight is 389 g/mol. The van der Waals surface area contributed by atoms with Gasteiger partial charge in [0.15, 0.2) is 5.43 Å². The Balaban J connectivity index is 1.73. The van der Waals surface area contributed by atoms with E-state index < -0.39 is 0 Å². The minimum Gasteiger partial charge on any atom is -0.491 e. The Morgan fingerprint density at radius 1 is 0.958 bits per heavy atom. The van der Waals surface area contributed by atoms with Crippen molar-refractivity contribution in [3.05, 3.63) is 64.8 Å². The zero-order valence-corrected chi connectivity index (χ0v) is 14.6. The molecule has 0 amide bonds. The Morgan fingerprint density at radius 3 is 2.54 bits per heavy atom. The van der Waals surface area contributed by atoms with Gasteiger partial charge in [-0.05, 0) is 36.4 Å². The minimum absolute atomic E-state index is 0.0453. The summed E-state index contributed by atoms with van der Waals surface area (Å²) in [6, 6.07) is 16.2. The van der Waals surface area contributed by atoms with Gasteiger partial charge in [0.25, 0.3) is 0 Å². The van der Waals surface area contributed by atoms with Gasteiger partial charge in [-0.25, -0.2) is 0 Å². The molecule has 4 nitrogen and oxygen atoms in total. The molecule has 1 aromatic heterocycles. The first kappa shape index (κ1) is 16.7. The molecular weight excluding hydrogens is 372 g/mol. The largest absolute Gasteiger partial charge is 0.491 e. The van der Waals surface area contributed by atoms with Crippen LogP contribution in [0, 0.1) is 0 Å². The van der Waals surface area contributed by atoms with Crippen molar-refractivity contribution in [2.24, 2.45) is 0 Å². The van der Waals surface area contributed by atoms with Gasteiger partial charge in [0.2, 0.25) is 0 Å². The highest BCUT2D eigenvalue weighted by Gasteiger charge is 2.06. The maximum atomic E-state index is 12.2. The number of rotatable bonds is 7. The second kappa shape index (κ2) is 8.13. The van der Waals surface area contributed by atoms with Crippen molar-refractivity contribution < 1.29 is 13.9 Å². The predicted octanol–water partition coefficient (Wildman–Crippen LogP) is 4.25. The van der Waals surface area contributed by atoms with E-state index >= 15 is 0 Å². The predicted molar refractivity (Wildman–Crippen MR) is 98.0 cm³/mol. The molecule has 24 heavy (non-hydrogen) atoms. The first-order valence-corrected chi connectivity index (χ1v) is 8.80. The van der Waals surface area contributed by atoms with Crippen molar-refractivity contribution in [3.63, 3.8) is 0 Å². The maximum absolute atomic E-state index is 12.2. The molecule has 0 saturated carbocycles. The molecule has 0 saturated heterocycles. The Morgan fingerprint density at radius 2 is 1.75 bits per heavy atom. The van der Waals surface area contributed by atoms with Gasteiger partial charge in [0.05, 0.1) is 18.6 Å². The fraction of sp³-hybridized carbons (Fsp3) is 0.211. The highest BCUT2D eigenvalue weighted by molar-refractivity contribution is 9.09. The van der Waals surface area contributed by atoms with Crippen LogP contribution >= 0.6 is 15.9 Å². The summed E-state index contributed by atoms with van der Waals surface area (Å²) < 4.78 is 16.8. The molecule has 0 atom stereocenters. The summed E-state index contributed by atoms with van der Waals surface area (Å²) in [5.41, 5.74) is 1.38. The van der Waals surface area contributed by atoms with Crippen molar-refractivity contribution in [2.75, 3.05) is 25.2 Å². The van der Waals surface area contributed by atoms with Crippen molar-refractivity contribution in [2.45, 2.75) is 0 Å². The maximum Gasteiger partial charge on any atom is 0.193 e. The van der Waals surface area contributed by atoms with E-state index in [1.165, 1.54) is 6.07 Å². The molecular formula is C19H17BrO4. The van der Waals surface area contributed by atoms with Crippen LogP contribution in [-0.4, -0.2) is 25.2 Å². The van der Waals surface area contributed by atoms with Gasteiger partial charge < -0.3 is 13.9 Å². The Kier molecular flexibility index (Phi) is 5.67. The molecule has 0 bridgehead atoms. The lowest BCUT2D eigenvalue weighted by molar-refractivity contribution is 0.112. The van der Waals surface area contributed by atoms with Gasteiger partial charge in [0, 0.05) is 17.0 Å². The fourth-order valence-electron chi connectivity index (χ4n) is 2.34. The molecule has 124 valence electrons. The summed E-state index contributed by atoms with van der Waals surface area (Å²) in [6.07, 6.45) is 0. The lowest BCUT2D eigenvalue weighted by atomic mass is 10.1. The third kappa shape index (κ3) is 4.04. The quantitative estimate of drug-likeness (QED) is 0.448. The van der Waals surface area contributed by atoms with Crippen LogP contribution in [-0.2, 0) is 4.74 Å². The van der Waals surface area contributed by atoms with Crippen LogP contribution in [0.4, 0.5) is 0 Å². The summed E-state index contributed by atoms with van der Waals surface area (Å²) in [5.74, 6) is 1.30. The van der Waals surface area contributed by atoms with E-state index in [0.717, 1.165) is 16.6 Å². The van der Waals surface area contributed by atoms with Crippen LogP contribution in [0.5, 0.6) is 5.75 Å². The average Bonchev–Trinajstić information content (AvgIpc) is 2.62. The first-order valence-electron chi connectivity index (χ1n) is 7.68. The molecule has 1 heterocycles. The number of hydrogen-bond acceptors (Lipinski definition) is 4. The Hall–Kier alpha value is -2.11. The summed E-state index contributed by atoms with van der Waals surface area (Å²) in [6.45, 7) is 1.72. The van der Waals surface area contributed by atoms with Gasteiger partial charge in [-0.15, -0.1) is 0 Å². The molecule has 0 fully saturated rings. The van der Waals surface area contributed by atoms with Gasteiger partial charge in [0.1, 0.15) is 23.7 Å². The third-order valence-electron chi connectivity index (χ3n) is 3.49. The van der Waals surface area contributed by atoms with E-state index in [9.17, 15) is 4.79 Å². The molecule has 0 aliphatic carbocycles. The van der Waals surface area contributed by atoms with Crippen molar-refractivity contribution in [3.8, 4) is 17.1 Å². The topological polar surface area (TPSA) is 48.7 Å². The van der Waals surface area contributed by atoms with Crippen molar-refractivity contribution >= 4 is 26.9 Å². The van der Waals surface area contributed by atoms with E-state index in [2.05, 4.69) is 15.9 Å². The second-order valence-corrected chi connectivity index (χ2v) is 5.94. The molecule has 5 heteroatoms. The second-order valence-electron chi connectivity index (χ2n) is 5.15. The number of fused-ring (bicyclic) bond motifs is 1. The smallest absolute Gasteiger partial charge is 0.193 e. The number of ether oxygens (including phenoxy) is 2. The van der Waals surface area contributed by atoms with Crippen LogP contribution in [0.25, 0.3) is 22.3 Å². The highest BCUT2D eigenvalue weighted by atomic mass is 79.9. The SMILES string of the molecule is O=c1cc(-c2ccc(OCCOCCBr)cc2)oc2ccccc12. The van der Waals surface area contributed by atoms with Crippen molar-refractivity contribution in [1.82, 2.24) is 0 Å². The first-order chi connectivity index (χ1) is 11.8. The standard InChI is InChI=1S/C19H17BrO4/c20-9-10-22-11-12-23-15-7-5-14(6-8-15)19-13-17(21)16-3-1-2-4-18(16)24-19/h1-8,13H,9-12H2. The molecule has 0 aliphatic heterocycles. The van der Waals surface area contributed by atoms with E-state index in [4.69, 9.17) is 13.9 Å². The van der Waals surface area contributed by atoms with Crippen LogP contribution in [0.1, 0.15) is 0 Å². The molecule has 0 N–H and O–H groups in total. The number of halogens is 1. The van der Waals surface area contributed by atoms with Crippen LogP contribution < -0.4 is 10.2 Å². The van der Waals surface area contributed by atoms with Gasteiger partial charge in [-0.2, -0.15) is 0 Å². The number of benzene rings is 2. The number of para-hydroxylation sites is 1. The third-order valence-corrected chi connectivity index (χ3v) is 3.82. The lowest BCUT2D eigenvalue weighted by Gasteiger charge is -2.08. The Labute approximate surface area is 148 Å². The zero-order valence-electron chi connectivity index (χ0n) is 13.0. The summed E-state index contributed by atoms with van der Waals surface area (Å²) in [5, 5.41) is 1.41. The van der Waals surface area contributed by atoms with Crippen LogP contribution in [0.15, 0.2) is 63.8 Å². The fourth-order valence-corrected chi connectivity index (χ4v) is 2.57. The number of alkyl halides is 1. The molecule has 2 aromatic carbocycles. The normalized spacial score (nSPS) is 10.9. The van der Waals surface area contributed by atoms with Gasteiger partial charge in [-0.3, -0.25) is 4.79 Å². The van der Waals surface area contributed by atoms with E-state index in [-0.39, 0.29) is 5.43 Å². The molecule has 0 aliphatic rings. The van der Waals surface area contributed by atoms with E-state index in [1.54, 1.807) is 12.1 Å².